The van der Waals surface area contributed by atoms with E-state index in [4.69, 9.17) is 25.1 Å². The maximum atomic E-state index is 8.66. The van der Waals surface area contributed by atoms with Gasteiger partial charge in [0, 0.05) is 19.8 Å². The van der Waals surface area contributed by atoms with Crippen molar-refractivity contribution in [2.24, 2.45) is 5.73 Å². The summed E-state index contributed by atoms with van der Waals surface area (Å²) in [5.74, 6) is 0. The van der Waals surface area contributed by atoms with Crippen LogP contribution in [0, 0.1) is 0 Å². The van der Waals surface area contributed by atoms with Gasteiger partial charge < -0.3 is 25.1 Å². The zero-order valence-corrected chi connectivity index (χ0v) is 12.9. The Morgan fingerprint density at radius 3 is 2.16 bits per heavy atom. The summed E-state index contributed by atoms with van der Waals surface area (Å²) in [5, 5.41) is 8.66. The van der Waals surface area contributed by atoms with Crippen molar-refractivity contribution in [1.82, 2.24) is 0 Å². The van der Waals surface area contributed by atoms with Crippen LogP contribution in [-0.2, 0) is 14.2 Å². The summed E-state index contributed by atoms with van der Waals surface area (Å²) in [5.41, 5.74) is 4.89. The van der Waals surface area contributed by atoms with Crippen LogP contribution < -0.4 is 5.73 Å². The van der Waals surface area contributed by atoms with Crippen molar-refractivity contribution in [1.29, 1.82) is 0 Å². The fraction of sp³-hybridized carbons (Fsp3) is 1.00. The average Bonchev–Trinajstić information content (AvgIpc) is 2.32. The normalized spacial score (nSPS) is 12.9. The standard InChI is InChI=1S/C14H31NO4/c1-13(2,19-11-7-15)6-10-18-14(3,4)12-17-9-5-8-16/h16H,5-12,15H2,1-4H3. The molecule has 0 aliphatic rings. The molecule has 0 heterocycles. The van der Waals surface area contributed by atoms with E-state index in [1.807, 2.05) is 27.7 Å². The summed E-state index contributed by atoms with van der Waals surface area (Å²) in [6.45, 7) is 11.1. The van der Waals surface area contributed by atoms with Crippen LogP contribution in [0.1, 0.15) is 40.5 Å². The minimum Gasteiger partial charge on any atom is -0.396 e. The number of rotatable bonds is 12. The van der Waals surface area contributed by atoms with E-state index in [-0.39, 0.29) is 17.8 Å². The zero-order chi connectivity index (χ0) is 14.8. The first-order chi connectivity index (χ1) is 8.83. The first-order valence-electron chi connectivity index (χ1n) is 6.99. The first-order valence-corrected chi connectivity index (χ1v) is 6.99. The number of ether oxygens (including phenoxy) is 3. The van der Waals surface area contributed by atoms with Crippen LogP contribution in [0.25, 0.3) is 0 Å². The van der Waals surface area contributed by atoms with Crippen LogP contribution in [0.5, 0.6) is 0 Å². The van der Waals surface area contributed by atoms with Gasteiger partial charge in [-0.1, -0.05) is 0 Å². The van der Waals surface area contributed by atoms with E-state index in [2.05, 4.69) is 0 Å². The second-order valence-corrected chi connectivity index (χ2v) is 5.88. The van der Waals surface area contributed by atoms with Crippen molar-refractivity contribution in [3.63, 3.8) is 0 Å². The molecule has 0 aromatic rings. The van der Waals surface area contributed by atoms with Gasteiger partial charge >= 0.3 is 0 Å². The summed E-state index contributed by atoms with van der Waals surface area (Å²) >= 11 is 0. The van der Waals surface area contributed by atoms with Gasteiger partial charge in [-0.3, -0.25) is 0 Å². The molecule has 5 nitrogen and oxygen atoms in total. The van der Waals surface area contributed by atoms with Crippen LogP contribution in [0.4, 0.5) is 0 Å². The lowest BCUT2D eigenvalue weighted by Crippen LogP contribution is -2.35. The lowest BCUT2D eigenvalue weighted by Gasteiger charge is -2.29. The zero-order valence-electron chi connectivity index (χ0n) is 12.9. The molecule has 0 saturated carbocycles. The van der Waals surface area contributed by atoms with Gasteiger partial charge in [0.05, 0.1) is 31.0 Å². The van der Waals surface area contributed by atoms with E-state index in [0.717, 1.165) is 6.42 Å². The van der Waals surface area contributed by atoms with Crippen molar-refractivity contribution in [2.45, 2.75) is 51.7 Å². The number of hydrogen-bond acceptors (Lipinski definition) is 5. The van der Waals surface area contributed by atoms with Gasteiger partial charge in [-0.25, -0.2) is 0 Å². The van der Waals surface area contributed by atoms with Crippen LogP contribution in [0.2, 0.25) is 0 Å². The Kier molecular flexibility index (Phi) is 9.56. The molecule has 0 aromatic carbocycles. The molecule has 0 unspecified atom stereocenters. The molecule has 0 atom stereocenters. The Morgan fingerprint density at radius 2 is 1.58 bits per heavy atom. The summed E-state index contributed by atoms with van der Waals surface area (Å²) in [4.78, 5) is 0. The Morgan fingerprint density at radius 1 is 0.947 bits per heavy atom. The molecule has 0 amide bonds. The minimum absolute atomic E-state index is 0.161. The smallest absolute Gasteiger partial charge is 0.0858 e. The molecule has 0 radical (unpaired) electrons. The number of hydrogen-bond donors (Lipinski definition) is 2. The Hall–Kier alpha value is -0.200. The molecule has 116 valence electrons. The summed E-state index contributed by atoms with van der Waals surface area (Å²) in [6.07, 6.45) is 1.48. The maximum absolute atomic E-state index is 8.66. The molecular weight excluding hydrogens is 246 g/mol. The van der Waals surface area contributed by atoms with Gasteiger partial charge in [-0.05, 0) is 40.5 Å². The van der Waals surface area contributed by atoms with Crippen molar-refractivity contribution < 1.29 is 19.3 Å². The molecular formula is C14H31NO4. The number of aliphatic hydroxyl groups is 1. The topological polar surface area (TPSA) is 73.9 Å². The molecule has 0 aromatic heterocycles. The minimum atomic E-state index is -0.320. The Bertz CT molecular complexity index is 219. The van der Waals surface area contributed by atoms with E-state index in [0.29, 0.717) is 39.4 Å². The second-order valence-electron chi connectivity index (χ2n) is 5.88. The van der Waals surface area contributed by atoms with Crippen molar-refractivity contribution in [2.75, 3.05) is 39.6 Å². The molecule has 0 fully saturated rings. The van der Waals surface area contributed by atoms with Gasteiger partial charge in [-0.15, -0.1) is 0 Å². The maximum Gasteiger partial charge on any atom is 0.0858 e. The lowest BCUT2D eigenvalue weighted by molar-refractivity contribution is -0.0991. The molecule has 5 heteroatoms. The second kappa shape index (κ2) is 9.66. The van der Waals surface area contributed by atoms with Crippen molar-refractivity contribution in [3.05, 3.63) is 0 Å². The first kappa shape index (κ1) is 18.8. The highest BCUT2D eigenvalue weighted by Gasteiger charge is 2.22. The van der Waals surface area contributed by atoms with Crippen LogP contribution >= 0.6 is 0 Å². The third-order valence-electron chi connectivity index (χ3n) is 2.70. The molecule has 0 bridgehead atoms. The Balaban J connectivity index is 3.77. The predicted octanol–water partition coefficient (Wildman–Crippen LogP) is 1.32. The van der Waals surface area contributed by atoms with Crippen LogP contribution in [0.3, 0.4) is 0 Å². The lowest BCUT2D eigenvalue weighted by atomic mass is 10.1. The largest absolute Gasteiger partial charge is 0.396 e. The van der Waals surface area contributed by atoms with Crippen molar-refractivity contribution in [3.8, 4) is 0 Å². The summed E-state index contributed by atoms with van der Waals surface area (Å²) in [6, 6.07) is 0. The number of aliphatic hydroxyl groups excluding tert-OH is 1. The van der Waals surface area contributed by atoms with E-state index in [1.54, 1.807) is 0 Å². The fourth-order valence-corrected chi connectivity index (χ4v) is 1.51. The molecule has 0 aliphatic heterocycles. The van der Waals surface area contributed by atoms with Gasteiger partial charge in [0.25, 0.3) is 0 Å². The number of nitrogens with two attached hydrogens (primary N) is 1. The van der Waals surface area contributed by atoms with Gasteiger partial charge in [0.15, 0.2) is 0 Å². The van der Waals surface area contributed by atoms with Crippen LogP contribution in [-0.4, -0.2) is 55.9 Å². The van der Waals surface area contributed by atoms with Gasteiger partial charge in [-0.2, -0.15) is 0 Å². The van der Waals surface area contributed by atoms with E-state index in [9.17, 15) is 0 Å². The fourth-order valence-electron chi connectivity index (χ4n) is 1.51. The van der Waals surface area contributed by atoms with Crippen LogP contribution in [0.15, 0.2) is 0 Å². The van der Waals surface area contributed by atoms with E-state index in [1.165, 1.54) is 0 Å². The van der Waals surface area contributed by atoms with E-state index < -0.39 is 0 Å². The van der Waals surface area contributed by atoms with E-state index >= 15 is 0 Å². The highest BCUT2D eigenvalue weighted by atomic mass is 16.5. The predicted molar refractivity (Wildman–Crippen MR) is 76.3 cm³/mol. The SMILES string of the molecule is CC(C)(CCOC(C)(C)COCCCO)OCCN. The quantitative estimate of drug-likeness (QED) is 0.526. The van der Waals surface area contributed by atoms with Gasteiger partial charge in [0.2, 0.25) is 0 Å². The third kappa shape index (κ3) is 11.3. The Labute approximate surface area is 117 Å². The monoisotopic (exact) mass is 277 g/mol. The highest BCUT2D eigenvalue weighted by molar-refractivity contribution is 4.72. The average molecular weight is 277 g/mol. The third-order valence-corrected chi connectivity index (χ3v) is 2.70. The molecule has 0 aliphatic carbocycles. The molecule has 0 rings (SSSR count). The highest BCUT2D eigenvalue weighted by Crippen LogP contribution is 2.17. The molecule has 3 N–H and O–H groups in total. The summed E-state index contributed by atoms with van der Waals surface area (Å²) < 4.78 is 16.9. The van der Waals surface area contributed by atoms with Gasteiger partial charge in [0.1, 0.15) is 0 Å². The molecule has 0 spiro atoms. The molecule has 0 saturated heterocycles. The summed E-state index contributed by atoms with van der Waals surface area (Å²) in [7, 11) is 0. The molecule has 19 heavy (non-hydrogen) atoms. The van der Waals surface area contributed by atoms with Crippen molar-refractivity contribution >= 4 is 0 Å².